The fourth-order valence-electron chi connectivity index (χ4n) is 3.13. The molecule has 1 aliphatic heterocycles. The van der Waals surface area contributed by atoms with Crippen LogP contribution in [0, 0.1) is 6.92 Å². The van der Waals surface area contributed by atoms with Gasteiger partial charge < -0.3 is 0 Å². The molecule has 24 heavy (non-hydrogen) atoms. The summed E-state index contributed by atoms with van der Waals surface area (Å²) in [6.45, 7) is 2.70. The summed E-state index contributed by atoms with van der Waals surface area (Å²) < 4.78 is 1.64. The maximum absolute atomic E-state index is 12.9. The third kappa shape index (κ3) is 2.41. The molecule has 0 spiro atoms. The Morgan fingerprint density at radius 2 is 2.04 bits per heavy atom. The molecule has 0 atom stereocenters. The summed E-state index contributed by atoms with van der Waals surface area (Å²) in [6, 6.07) is 11.8. The van der Waals surface area contributed by atoms with Crippen molar-refractivity contribution < 1.29 is 4.79 Å². The second-order valence-electron chi connectivity index (χ2n) is 6.08. The topological polar surface area (TPSA) is 40.9 Å². The molecule has 0 bridgehead atoms. The summed E-state index contributed by atoms with van der Waals surface area (Å²) in [4.78, 5) is 12.9. The van der Waals surface area contributed by atoms with Crippen LogP contribution in [-0.2, 0) is 6.42 Å². The van der Waals surface area contributed by atoms with Crippen molar-refractivity contribution in [3.8, 4) is 0 Å². The van der Waals surface area contributed by atoms with Crippen molar-refractivity contribution in [2.75, 3.05) is 18.6 Å². The maximum atomic E-state index is 12.9. The van der Waals surface area contributed by atoms with Gasteiger partial charge in [-0.1, -0.05) is 23.7 Å². The van der Waals surface area contributed by atoms with Crippen molar-refractivity contribution in [1.29, 1.82) is 0 Å². The van der Waals surface area contributed by atoms with Gasteiger partial charge in [-0.25, -0.2) is 9.52 Å². The molecular weight excluding hydrogens is 324 g/mol. The Kier molecular flexibility index (Phi) is 3.46. The smallest absolute Gasteiger partial charge is 0.285 e. The van der Waals surface area contributed by atoms with Gasteiger partial charge in [-0.2, -0.15) is 5.10 Å². The van der Waals surface area contributed by atoms with Crippen LogP contribution in [0.5, 0.6) is 0 Å². The predicted octanol–water partition coefficient (Wildman–Crippen LogP) is 3.35. The Labute approximate surface area is 145 Å². The number of aryl methyl sites for hydroxylation is 1. The third-order valence-electron chi connectivity index (χ3n) is 4.42. The Morgan fingerprint density at radius 3 is 2.88 bits per heavy atom. The normalized spacial score (nSPS) is 14.1. The zero-order valence-electron chi connectivity index (χ0n) is 13.5. The van der Waals surface area contributed by atoms with Gasteiger partial charge in [0.25, 0.3) is 5.91 Å². The fourth-order valence-corrected chi connectivity index (χ4v) is 3.28. The minimum Gasteiger partial charge on any atom is -0.285 e. The monoisotopic (exact) mass is 340 g/mol. The van der Waals surface area contributed by atoms with E-state index in [2.05, 4.69) is 30.2 Å². The lowest BCUT2D eigenvalue weighted by Gasteiger charge is -2.38. The standard InChI is InChI=1S/C18H17ClN4O/c1-12-3-4-13-7-8-23(21(2)17(13)9-12)18(24)16-10-15-6-5-14(19)11-22(15)20-16/h3-6,9-11H,7-8H2,1-2H3. The fraction of sp³-hybridized carbons (Fsp3) is 0.222. The summed E-state index contributed by atoms with van der Waals surface area (Å²) in [5, 5.41) is 8.62. The molecule has 0 aliphatic carbocycles. The summed E-state index contributed by atoms with van der Waals surface area (Å²) in [5.41, 5.74) is 4.77. The van der Waals surface area contributed by atoms with Crippen LogP contribution in [0.2, 0.25) is 5.02 Å². The van der Waals surface area contributed by atoms with Crippen LogP contribution in [0.4, 0.5) is 5.69 Å². The molecule has 0 fully saturated rings. The number of benzene rings is 1. The van der Waals surface area contributed by atoms with Crippen molar-refractivity contribution in [2.45, 2.75) is 13.3 Å². The van der Waals surface area contributed by atoms with Gasteiger partial charge >= 0.3 is 0 Å². The average Bonchev–Trinajstić information content (AvgIpc) is 2.98. The Morgan fingerprint density at radius 1 is 1.21 bits per heavy atom. The summed E-state index contributed by atoms with van der Waals surface area (Å²) in [5.74, 6) is -0.107. The van der Waals surface area contributed by atoms with Gasteiger partial charge in [-0.15, -0.1) is 0 Å². The van der Waals surface area contributed by atoms with Crippen molar-refractivity contribution in [1.82, 2.24) is 14.6 Å². The zero-order valence-corrected chi connectivity index (χ0v) is 14.3. The largest absolute Gasteiger partial charge is 0.292 e. The highest BCUT2D eigenvalue weighted by Crippen LogP contribution is 2.28. The van der Waals surface area contributed by atoms with Gasteiger partial charge in [0.2, 0.25) is 0 Å². The van der Waals surface area contributed by atoms with E-state index >= 15 is 0 Å². The minimum absolute atomic E-state index is 0.107. The van der Waals surface area contributed by atoms with Gasteiger partial charge in [0, 0.05) is 19.8 Å². The number of fused-ring (bicyclic) bond motifs is 2. The Balaban J connectivity index is 1.68. The van der Waals surface area contributed by atoms with E-state index in [4.69, 9.17) is 11.6 Å². The molecule has 4 rings (SSSR count). The first-order chi connectivity index (χ1) is 11.5. The molecule has 5 nitrogen and oxygen atoms in total. The molecule has 0 N–H and O–H groups in total. The highest BCUT2D eigenvalue weighted by molar-refractivity contribution is 6.30. The SMILES string of the molecule is Cc1ccc2c(c1)N(C)N(C(=O)c1cc3ccc(Cl)cn3n1)CC2. The molecule has 1 aromatic carbocycles. The van der Waals surface area contributed by atoms with E-state index in [-0.39, 0.29) is 5.91 Å². The number of rotatable bonds is 1. The molecule has 0 radical (unpaired) electrons. The van der Waals surface area contributed by atoms with Gasteiger partial charge in [0.15, 0.2) is 5.69 Å². The highest BCUT2D eigenvalue weighted by atomic mass is 35.5. The third-order valence-corrected chi connectivity index (χ3v) is 4.65. The molecule has 0 unspecified atom stereocenters. The molecule has 2 aromatic heterocycles. The average molecular weight is 341 g/mol. The minimum atomic E-state index is -0.107. The van der Waals surface area contributed by atoms with Crippen molar-refractivity contribution in [3.63, 3.8) is 0 Å². The molecule has 3 aromatic rings. The maximum Gasteiger partial charge on any atom is 0.292 e. The first-order valence-electron chi connectivity index (χ1n) is 7.83. The molecule has 1 amide bonds. The number of carbonyl (C=O) groups excluding carboxylic acids is 1. The lowest BCUT2D eigenvalue weighted by molar-refractivity contribution is 0.0732. The first-order valence-corrected chi connectivity index (χ1v) is 8.21. The molecule has 122 valence electrons. The van der Waals surface area contributed by atoms with Crippen molar-refractivity contribution in [3.05, 3.63) is 64.4 Å². The number of nitrogens with zero attached hydrogens (tertiary/aromatic N) is 4. The Hall–Kier alpha value is -2.53. The Bertz CT molecular complexity index is 949. The number of amides is 1. The van der Waals surface area contributed by atoms with E-state index in [0.29, 0.717) is 17.3 Å². The van der Waals surface area contributed by atoms with E-state index in [1.54, 1.807) is 27.9 Å². The quantitative estimate of drug-likeness (QED) is 0.682. The second-order valence-corrected chi connectivity index (χ2v) is 6.52. The number of aromatic nitrogens is 2. The van der Waals surface area contributed by atoms with Gasteiger partial charge in [-0.3, -0.25) is 9.80 Å². The number of hydrogen-bond acceptors (Lipinski definition) is 3. The van der Waals surface area contributed by atoms with Gasteiger partial charge in [0.1, 0.15) is 0 Å². The van der Waals surface area contributed by atoms with Crippen LogP contribution in [0.15, 0.2) is 42.6 Å². The van der Waals surface area contributed by atoms with Crippen molar-refractivity contribution in [2.24, 2.45) is 0 Å². The lowest BCUT2D eigenvalue weighted by Crippen LogP contribution is -2.48. The zero-order chi connectivity index (χ0) is 16.8. The summed E-state index contributed by atoms with van der Waals surface area (Å²) in [7, 11) is 1.92. The lowest BCUT2D eigenvalue weighted by atomic mass is 10.0. The molecule has 6 heteroatoms. The first kappa shape index (κ1) is 15.0. The molecule has 0 saturated heterocycles. The number of anilines is 1. The molecule has 1 aliphatic rings. The van der Waals surface area contributed by atoms with E-state index in [1.165, 1.54) is 11.1 Å². The van der Waals surface area contributed by atoms with Crippen LogP contribution in [-0.4, -0.2) is 34.1 Å². The second kappa shape index (κ2) is 5.53. The number of hydrogen-bond donors (Lipinski definition) is 0. The van der Waals surface area contributed by atoms with Gasteiger partial charge in [-0.05, 0) is 48.7 Å². The number of halogens is 1. The van der Waals surface area contributed by atoms with E-state index in [9.17, 15) is 4.79 Å². The highest BCUT2D eigenvalue weighted by Gasteiger charge is 2.27. The number of hydrazine groups is 1. The van der Waals surface area contributed by atoms with Gasteiger partial charge in [0.05, 0.1) is 16.2 Å². The van der Waals surface area contributed by atoms with E-state index < -0.39 is 0 Å². The van der Waals surface area contributed by atoms with Crippen LogP contribution >= 0.6 is 11.6 Å². The predicted molar refractivity (Wildman–Crippen MR) is 94.5 cm³/mol. The summed E-state index contributed by atoms with van der Waals surface area (Å²) in [6.07, 6.45) is 2.54. The van der Waals surface area contributed by atoms with Crippen LogP contribution in [0.1, 0.15) is 21.6 Å². The molecule has 0 saturated carbocycles. The summed E-state index contributed by atoms with van der Waals surface area (Å²) >= 11 is 5.99. The molecule has 3 heterocycles. The number of pyridine rings is 1. The number of carbonyl (C=O) groups is 1. The van der Waals surface area contributed by atoms with E-state index in [1.807, 2.05) is 18.1 Å². The van der Waals surface area contributed by atoms with Crippen LogP contribution < -0.4 is 5.01 Å². The van der Waals surface area contributed by atoms with Crippen LogP contribution in [0.3, 0.4) is 0 Å². The van der Waals surface area contributed by atoms with E-state index in [0.717, 1.165) is 17.6 Å². The molecular formula is C18H17ClN4O. The van der Waals surface area contributed by atoms with Crippen molar-refractivity contribution >= 4 is 28.7 Å². The van der Waals surface area contributed by atoms with Crippen LogP contribution in [0.25, 0.3) is 5.52 Å².